The van der Waals surface area contributed by atoms with Gasteiger partial charge in [0.05, 0.1) is 0 Å². The summed E-state index contributed by atoms with van der Waals surface area (Å²) in [5, 5.41) is 25.1. The number of rotatable bonds is 1. The van der Waals surface area contributed by atoms with E-state index in [1.807, 2.05) is 0 Å². The number of hydrogen-bond acceptors (Lipinski definition) is 4. The first kappa shape index (κ1) is 14.5. The minimum absolute atomic E-state index is 0. The summed E-state index contributed by atoms with van der Waals surface area (Å²) in [5.41, 5.74) is 4.88. The zero-order valence-corrected chi connectivity index (χ0v) is 8.12. The smallest absolute Gasteiger partial charge is 0.295 e. The molecule has 4 nitrogen and oxygen atoms in total. The first-order valence-corrected chi connectivity index (χ1v) is 3.28. The van der Waals surface area contributed by atoms with Crippen molar-refractivity contribution in [3.63, 3.8) is 0 Å². The zero-order valence-electron chi connectivity index (χ0n) is 5.04. The molecule has 0 saturated heterocycles. The minimum Gasteiger partial charge on any atom is -0.342 e. The molecular formula is C3H7Cl4NO3. The highest BCUT2D eigenvalue weighted by Gasteiger charge is 2.43. The van der Waals surface area contributed by atoms with Crippen LogP contribution in [0.4, 0.5) is 0 Å². The summed E-state index contributed by atoms with van der Waals surface area (Å²) in [7, 11) is 0. The van der Waals surface area contributed by atoms with Crippen molar-refractivity contribution in [2.24, 2.45) is 5.73 Å². The first-order chi connectivity index (χ1) is 4.15. The van der Waals surface area contributed by atoms with Gasteiger partial charge in [-0.3, -0.25) is 0 Å². The monoisotopic (exact) mass is 245 g/mol. The summed E-state index contributed by atoms with van der Waals surface area (Å²) >= 11 is 15.3. The fraction of sp³-hybridized carbons (Fsp3) is 1.00. The van der Waals surface area contributed by atoms with Gasteiger partial charge >= 0.3 is 0 Å². The molecule has 0 fully saturated rings. The van der Waals surface area contributed by atoms with E-state index in [9.17, 15) is 0 Å². The van der Waals surface area contributed by atoms with Crippen molar-refractivity contribution >= 4 is 47.2 Å². The summed E-state index contributed by atoms with van der Waals surface area (Å²) < 4.78 is -2.11. The van der Waals surface area contributed by atoms with Crippen LogP contribution in [0.1, 0.15) is 0 Å². The Labute approximate surface area is 84.3 Å². The summed E-state index contributed by atoms with van der Waals surface area (Å²) in [6.07, 6.45) is 0. The maximum absolute atomic E-state index is 8.35. The van der Waals surface area contributed by atoms with E-state index in [4.69, 9.17) is 55.9 Å². The predicted octanol–water partition coefficient (Wildman–Crippen LogP) is -0.264. The molecule has 0 aromatic rings. The van der Waals surface area contributed by atoms with Crippen molar-refractivity contribution in [1.82, 2.24) is 0 Å². The Hall–Kier alpha value is 1.00. The molecule has 1 unspecified atom stereocenters. The molecule has 0 bridgehead atoms. The molecule has 0 saturated carbocycles. The van der Waals surface area contributed by atoms with Crippen molar-refractivity contribution in [2.75, 3.05) is 0 Å². The Morgan fingerprint density at radius 1 is 1.09 bits per heavy atom. The van der Waals surface area contributed by atoms with Crippen molar-refractivity contribution in [3.8, 4) is 0 Å². The van der Waals surface area contributed by atoms with Crippen LogP contribution in [0.15, 0.2) is 0 Å². The molecule has 0 aliphatic heterocycles. The Morgan fingerprint density at radius 2 is 1.36 bits per heavy atom. The molecule has 0 aliphatic rings. The molecule has 0 rings (SSSR count). The first-order valence-electron chi connectivity index (χ1n) is 2.15. The van der Waals surface area contributed by atoms with E-state index in [2.05, 4.69) is 0 Å². The van der Waals surface area contributed by atoms with Crippen LogP contribution in [0, 0.1) is 0 Å². The van der Waals surface area contributed by atoms with E-state index in [-0.39, 0.29) is 12.4 Å². The highest BCUT2D eigenvalue weighted by atomic mass is 35.6. The van der Waals surface area contributed by atoms with Crippen LogP contribution in [0.3, 0.4) is 0 Å². The lowest BCUT2D eigenvalue weighted by atomic mass is 10.3. The van der Waals surface area contributed by atoms with Crippen LogP contribution in [0.2, 0.25) is 0 Å². The summed E-state index contributed by atoms with van der Waals surface area (Å²) in [4.78, 5) is 0. The quantitative estimate of drug-likeness (QED) is 0.379. The normalized spacial score (nSPS) is 15.5. The number of aliphatic hydroxyl groups is 3. The van der Waals surface area contributed by atoms with Gasteiger partial charge in [-0.2, -0.15) is 0 Å². The number of nitrogens with two attached hydrogens (primary N) is 1. The third-order valence-electron chi connectivity index (χ3n) is 0.770. The van der Waals surface area contributed by atoms with E-state index < -0.39 is 15.8 Å². The van der Waals surface area contributed by atoms with Gasteiger partial charge in [0.15, 0.2) is 0 Å². The molecule has 5 N–H and O–H groups in total. The molecular weight excluding hydrogens is 240 g/mol. The number of hydrogen-bond donors (Lipinski definition) is 4. The van der Waals surface area contributed by atoms with Gasteiger partial charge < -0.3 is 21.1 Å². The topological polar surface area (TPSA) is 86.7 Å². The molecule has 0 radical (unpaired) electrons. The van der Waals surface area contributed by atoms with Gasteiger partial charge in [-0.25, -0.2) is 0 Å². The van der Waals surface area contributed by atoms with Gasteiger partial charge in [0.2, 0.25) is 3.79 Å². The van der Waals surface area contributed by atoms with Crippen LogP contribution in [0.25, 0.3) is 0 Å². The van der Waals surface area contributed by atoms with Crippen LogP contribution >= 0.6 is 47.2 Å². The highest BCUT2D eigenvalue weighted by molar-refractivity contribution is 6.68. The highest BCUT2D eigenvalue weighted by Crippen LogP contribution is 2.32. The third kappa shape index (κ3) is 5.27. The van der Waals surface area contributed by atoms with Crippen molar-refractivity contribution in [3.05, 3.63) is 0 Å². The van der Waals surface area contributed by atoms with Crippen LogP contribution in [0.5, 0.6) is 0 Å². The maximum Gasteiger partial charge on any atom is 0.295 e. The van der Waals surface area contributed by atoms with E-state index in [0.717, 1.165) is 0 Å². The third-order valence-corrected chi connectivity index (χ3v) is 1.48. The second-order valence-electron chi connectivity index (χ2n) is 1.71. The van der Waals surface area contributed by atoms with Crippen LogP contribution in [-0.4, -0.2) is 31.1 Å². The van der Waals surface area contributed by atoms with Gasteiger partial charge in [-0.1, -0.05) is 34.8 Å². The Bertz CT molecular complexity index is 105. The van der Waals surface area contributed by atoms with E-state index in [1.165, 1.54) is 0 Å². The Balaban J connectivity index is 0. The van der Waals surface area contributed by atoms with Gasteiger partial charge in [0.25, 0.3) is 5.97 Å². The molecule has 0 aromatic heterocycles. The summed E-state index contributed by atoms with van der Waals surface area (Å²) in [6.45, 7) is 0. The summed E-state index contributed by atoms with van der Waals surface area (Å²) in [5.74, 6) is -3.18. The number of alkyl halides is 3. The molecule has 70 valence electrons. The molecule has 0 aromatic carbocycles. The maximum atomic E-state index is 8.35. The molecule has 0 aliphatic carbocycles. The zero-order chi connectivity index (χ0) is 8.58. The lowest BCUT2D eigenvalue weighted by molar-refractivity contribution is -0.322. The fourth-order valence-corrected chi connectivity index (χ4v) is 0.659. The second-order valence-corrected chi connectivity index (χ2v) is 4.08. The average Bonchev–Trinajstić information content (AvgIpc) is 1.59. The molecule has 0 amide bonds. The van der Waals surface area contributed by atoms with Gasteiger partial charge in [0, 0.05) is 0 Å². The molecule has 0 spiro atoms. The van der Waals surface area contributed by atoms with Gasteiger partial charge in [-0.05, 0) is 0 Å². The SMILES string of the molecule is Cl.NC(C(O)(O)O)C(Cl)(Cl)Cl. The standard InChI is InChI=1S/C3H6Cl3NO3.ClH/c4-2(5,6)1(7)3(8,9)10;/h1,8-10H,7H2;1H. The second kappa shape index (κ2) is 4.30. The van der Waals surface area contributed by atoms with E-state index >= 15 is 0 Å². The Morgan fingerprint density at radius 3 is 1.36 bits per heavy atom. The minimum atomic E-state index is -3.18. The molecule has 8 heteroatoms. The predicted molar refractivity (Wildman–Crippen MR) is 44.9 cm³/mol. The van der Waals surface area contributed by atoms with Crippen LogP contribution in [-0.2, 0) is 0 Å². The number of halogens is 4. The van der Waals surface area contributed by atoms with Gasteiger partial charge in [-0.15, -0.1) is 12.4 Å². The van der Waals surface area contributed by atoms with Crippen molar-refractivity contribution in [1.29, 1.82) is 0 Å². The Kier molecular flexibility index (Phi) is 5.67. The lowest BCUT2D eigenvalue weighted by Gasteiger charge is -2.27. The largest absolute Gasteiger partial charge is 0.342 e. The lowest BCUT2D eigenvalue weighted by Crippen LogP contribution is -2.55. The molecule has 11 heavy (non-hydrogen) atoms. The van der Waals surface area contributed by atoms with E-state index in [1.54, 1.807) is 0 Å². The van der Waals surface area contributed by atoms with Crippen LogP contribution < -0.4 is 5.73 Å². The molecule has 0 heterocycles. The van der Waals surface area contributed by atoms with Crippen molar-refractivity contribution in [2.45, 2.75) is 15.8 Å². The van der Waals surface area contributed by atoms with E-state index in [0.29, 0.717) is 0 Å². The summed E-state index contributed by atoms with van der Waals surface area (Å²) in [6, 6.07) is -1.77. The van der Waals surface area contributed by atoms with Gasteiger partial charge in [0.1, 0.15) is 6.04 Å². The average molecular weight is 247 g/mol. The van der Waals surface area contributed by atoms with Crippen molar-refractivity contribution < 1.29 is 15.3 Å². The fourth-order valence-electron chi connectivity index (χ4n) is 0.220. The molecule has 1 atom stereocenters.